The van der Waals surface area contributed by atoms with Gasteiger partial charge in [-0.15, -0.1) is 0 Å². The van der Waals surface area contributed by atoms with Crippen LogP contribution in [0.25, 0.3) is 0 Å². The molecule has 3 heteroatoms. The summed E-state index contributed by atoms with van der Waals surface area (Å²) in [6.07, 6.45) is 11.6. The minimum Gasteiger partial charge on any atom is -0.499 e. The van der Waals surface area contributed by atoms with Crippen molar-refractivity contribution < 1.29 is 4.74 Å². The molecule has 3 rings (SSSR count). The topological polar surface area (TPSA) is 34.0 Å². The summed E-state index contributed by atoms with van der Waals surface area (Å²) in [4.78, 5) is 0. The summed E-state index contributed by atoms with van der Waals surface area (Å²) in [6, 6.07) is 0. The number of ether oxygens (including phenoxy) is 1. The van der Waals surface area contributed by atoms with Gasteiger partial charge in [-0.05, 0) is 6.08 Å². The monoisotopic (exact) mass is 172 g/mol. The van der Waals surface area contributed by atoms with Crippen LogP contribution in [0.4, 0.5) is 0 Å². The Bertz CT molecular complexity index is 401. The van der Waals surface area contributed by atoms with E-state index in [2.05, 4.69) is 16.3 Å². The third-order valence-corrected chi connectivity index (χ3v) is 2.60. The van der Waals surface area contributed by atoms with Gasteiger partial charge in [0.1, 0.15) is 6.61 Å². The predicted molar refractivity (Wildman–Crippen MR) is 50.7 cm³/mol. The third kappa shape index (κ3) is 0.736. The first-order valence-electron chi connectivity index (χ1n) is 4.21. The molecule has 2 heterocycles. The van der Waals surface area contributed by atoms with Crippen molar-refractivity contribution in [2.75, 3.05) is 6.61 Å². The fraction of sp³-hybridized carbons (Fsp3) is 0.200. The minimum atomic E-state index is -0.142. The highest BCUT2D eigenvalue weighted by atomic mass is 16.5. The van der Waals surface area contributed by atoms with E-state index in [1.165, 1.54) is 0 Å². The average Bonchev–Trinajstić information content (AvgIpc) is 2.58. The van der Waals surface area contributed by atoms with Crippen LogP contribution in [0.2, 0.25) is 0 Å². The Kier molecular flexibility index (Phi) is 1.15. The van der Waals surface area contributed by atoms with Gasteiger partial charge >= 0.3 is 0 Å². The summed E-state index contributed by atoms with van der Waals surface area (Å²) < 4.78 is 5.33. The molecular weight excluding hydrogens is 164 g/mol. The van der Waals surface area contributed by atoms with Gasteiger partial charge in [0.2, 0.25) is 0 Å². The highest BCUT2D eigenvalue weighted by Gasteiger charge is 2.42. The van der Waals surface area contributed by atoms with Gasteiger partial charge in [-0.25, -0.2) is 0 Å². The minimum absolute atomic E-state index is 0.142. The van der Waals surface area contributed by atoms with Crippen LogP contribution < -0.4 is 0 Å². The van der Waals surface area contributed by atoms with Gasteiger partial charge in [0, 0.05) is 5.57 Å². The highest BCUT2D eigenvalue weighted by Crippen LogP contribution is 2.39. The van der Waals surface area contributed by atoms with E-state index in [0.717, 1.165) is 11.3 Å². The summed E-state index contributed by atoms with van der Waals surface area (Å²) in [5.74, 6) is 0. The largest absolute Gasteiger partial charge is 0.499 e. The molecule has 0 amide bonds. The van der Waals surface area contributed by atoms with Crippen molar-refractivity contribution in [1.82, 2.24) is 0 Å². The van der Waals surface area contributed by atoms with Crippen molar-refractivity contribution in [2.45, 2.75) is 0 Å². The molecule has 3 nitrogen and oxygen atoms in total. The van der Waals surface area contributed by atoms with E-state index >= 15 is 0 Å². The first kappa shape index (κ1) is 6.83. The molecule has 1 aliphatic carbocycles. The summed E-state index contributed by atoms with van der Waals surface area (Å²) in [6.45, 7) is 0.647. The highest BCUT2D eigenvalue weighted by molar-refractivity contribution is 6.10. The molecule has 0 aromatic heterocycles. The molecular formula is C10H8N2O. The van der Waals surface area contributed by atoms with E-state index in [1.807, 2.05) is 18.2 Å². The number of hydrogen-bond acceptors (Lipinski definition) is 3. The summed E-state index contributed by atoms with van der Waals surface area (Å²) >= 11 is 0. The zero-order valence-corrected chi connectivity index (χ0v) is 6.97. The fourth-order valence-electron chi connectivity index (χ4n) is 1.84. The smallest absolute Gasteiger partial charge is 0.106 e. The molecule has 13 heavy (non-hydrogen) atoms. The van der Waals surface area contributed by atoms with Crippen molar-refractivity contribution in [3.63, 3.8) is 0 Å². The van der Waals surface area contributed by atoms with Crippen LogP contribution >= 0.6 is 0 Å². The second-order valence-electron chi connectivity index (χ2n) is 3.30. The van der Waals surface area contributed by atoms with Crippen molar-refractivity contribution in [2.24, 2.45) is 15.6 Å². The molecule has 0 N–H and O–H groups in total. The molecule has 1 spiro atoms. The maximum atomic E-state index is 5.33. The van der Waals surface area contributed by atoms with Gasteiger partial charge in [0.15, 0.2) is 0 Å². The Hall–Kier alpha value is -1.64. The second-order valence-corrected chi connectivity index (χ2v) is 3.30. The zero-order chi connectivity index (χ0) is 8.73. The van der Waals surface area contributed by atoms with Crippen molar-refractivity contribution >= 4 is 11.9 Å². The summed E-state index contributed by atoms with van der Waals surface area (Å²) in [7, 11) is 0. The molecule has 0 bridgehead atoms. The lowest BCUT2D eigenvalue weighted by atomic mass is 9.75. The van der Waals surface area contributed by atoms with Crippen LogP contribution in [0.15, 0.2) is 46.3 Å². The summed E-state index contributed by atoms with van der Waals surface area (Å²) in [5.41, 5.74) is 1.93. The molecule has 0 saturated heterocycles. The Morgan fingerprint density at radius 2 is 2.38 bits per heavy atom. The number of hydrogen-bond donors (Lipinski definition) is 0. The van der Waals surface area contributed by atoms with E-state index in [4.69, 9.17) is 4.74 Å². The van der Waals surface area contributed by atoms with Crippen LogP contribution in [-0.4, -0.2) is 18.5 Å². The SMILES string of the molecule is C1=CC2=NN=CC3=COCC32C=C1. The average molecular weight is 172 g/mol. The molecule has 0 saturated carbocycles. The zero-order valence-electron chi connectivity index (χ0n) is 6.97. The van der Waals surface area contributed by atoms with Crippen molar-refractivity contribution in [3.05, 3.63) is 36.1 Å². The maximum Gasteiger partial charge on any atom is 0.106 e. The Morgan fingerprint density at radius 1 is 1.38 bits per heavy atom. The second kappa shape index (κ2) is 2.19. The van der Waals surface area contributed by atoms with E-state index < -0.39 is 0 Å². The molecule has 3 aliphatic rings. The maximum absolute atomic E-state index is 5.33. The lowest BCUT2D eigenvalue weighted by Gasteiger charge is -2.28. The Morgan fingerprint density at radius 3 is 3.38 bits per heavy atom. The molecule has 0 radical (unpaired) electrons. The molecule has 64 valence electrons. The third-order valence-electron chi connectivity index (χ3n) is 2.60. The van der Waals surface area contributed by atoms with Gasteiger partial charge in [-0.3, -0.25) is 0 Å². The van der Waals surface area contributed by atoms with Crippen LogP contribution in [0.3, 0.4) is 0 Å². The van der Waals surface area contributed by atoms with Gasteiger partial charge in [0.05, 0.1) is 23.6 Å². The standard InChI is InChI=1S/C10H8N2O/c1-2-4-10-7-13-6-8(10)5-11-12-9(10)3-1/h1-6H,7H2. The lowest BCUT2D eigenvalue weighted by molar-refractivity contribution is 0.245. The van der Waals surface area contributed by atoms with Crippen LogP contribution in [0.5, 0.6) is 0 Å². The van der Waals surface area contributed by atoms with Crippen molar-refractivity contribution in [1.29, 1.82) is 0 Å². The van der Waals surface area contributed by atoms with E-state index in [9.17, 15) is 0 Å². The van der Waals surface area contributed by atoms with Gasteiger partial charge in [-0.2, -0.15) is 10.2 Å². The van der Waals surface area contributed by atoms with Crippen LogP contribution in [-0.2, 0) is 4.74 Å². The first-order valence-corrected chi connectivity index (χ1v) is 4.21. The van der Waals surface area contributed by atoms with Gasteiger partial charge in [0.25, 0.3) is 0 Å². The van der Waals surface area contributed by atoms with Crippen LogP contribution in [0, 0.1) is 5.41 Å². The summed E-state index contributed by atoms with van der Waals surface area (Å²) in [5, 5.41) is 8.04. The van der Waals surface area contributed by atoms with Crippen molar-refractivity contribution in [3.8, 4) is 0 Å². The van der Waals surface area contributed by atoms with E-state index in [-0.39, 0.29) is 5.41 Å². The number of nitrogens with zero attached hydrogens (tertiary/aromatic N) is 2. The lowest BCUT2D eigenvalue weighted by Crippen LogP contribution is -2.34. The first-order chi connectivity index (χ1) is 6.42. The molecule has 1 atom stereocenters. The quantitative estimate of drug-likeness (QED) is 0.544. The van der Waals surface area contributed by atoms with Crippen LogP contribution in [0.1, 0.15) is 0 Å². The van der Waals surface area contributed by atoms with Gasteiger partial charge < -0.3 is 4.74 Å². The molecule has 2 aliphatic heterocycles. The molecule has 0 aromatic rings. The van der Waals surface area contributed by atoms with Gasteiger partial charge in [-0.1, -0.05) is 18.2 Å². The number of rotatable bonds is 0. The molecule has 1 unspecified atom stereocenters. The van der Waals surface area contributed by atoms with E-state index in [1.54, 1.807) is 12.5 Å². The normalized spacial score (nSPS) is 33.2. The number of allylic oxidation sites excluding steroid dienone is 3. The fourth-order valence-corrected chi connectivity index (χ4v) is 1.84. The predicted octanol–water partition coefficient (Wildman–Crippen LogP) is 1.45. The molecule has 0 aromatic carbocycles. The molecule has 0 fully saturated rings. The van der Waals surface area contributed by atoms with E-state index in [0.29, 0.717) is 6.61 Å². The Balaban J connectivity index is 2.22. The Labute approximate surface area is 75.8 Å².